The molecule has 0 fully saturated rings. The molecule has 1 heterocycles. The zero-order valence-corrected chi connectivity index (χ0v) is 14.7. The summed E-state index contributed by atoms with van der Waals surface area (Å²) in [7, 11) is 0. The van der Waals surface area contributed by atoms with Crippen molar-refractivity contribution in [3.8, 4) is 11.5 Å². The molecule has 0 aliphatic heterocycles. The molecule has 1 unspecified atom stereocenters. The molecule has 1 atom stereocenters. The third-order valence-corrected chi connectivity index (χ3v) is 3.40. The molecule has 2 amide bonds. The van der Waals surface area contributed by atoms with Crippen molar-refractivity contribution in [3.05, 3.63) is 47.4 Å². The monoisotopic (exact) mass is 346 g/mol. The first-order valence-corrected chi connectivity index (χ1v) is 7.97. The lowest BCUT2D eigenvalue weighted by atomic mass is 10.2. The lowest BCUT2D eigenvalue weighted by Gasteiger charge is -2.15. The van der Waals surface area contributed by atoms with Gasteiger partial charge in [0.15, 0.2) is 6.10 Å². The highest BCUT2D eigenvalue weighted by Gasteiger charge is 2.18. The minimum Gasteiger partial charge on any atom is -0.494 e. The van der Waals surface area contributed by atoms with E-state index in [0.717, 1.165) is 5.75 Å². The molecule has 0 aliphatic carbocycles. The molecule has 0 bridgehead atoms. The van der Waals surface area contributed by atoms with Crippen LogP contribution in [-0.4, -0.2) is 24.5 Å². The molecule has 2 rings (SSSR count). The van der Waals surface area contributed by atoms with E-state index in [0.29, 0.717) is 29.4 Å². The molecule has 7 nitrogen and oxygen atoms in total. The molecule has 0 saturated carbocycles. The van der Waals surface area contributed by atoms with Crippen LogP contribution in [0.2, 0.25) is 0 Å². The van der Waals surface area contributed by atoms with Crippen LogP contribution in [0.5, 0.6) is 11.5 Å². The van der Waals surface area contributed by atoms with Crippen LogP contribution in [0, 0.1) is 13.8 Å². The first kappa shape index (κ1) is 18.4. The van der Waals surface area contributed by atoms with E-state index in [1.54, 1.807) is 51.1 Å². The lowest BCUT2D eigenvalue weighted by Crippen LogP contribution is -2.47. The molecule has 7 heteroatoms. The van der Waals surface area contributed by atoms with Crippen molar-refractivity contribution in [1.29, 1.82) is 0 Å². The number of carbonyl (C=O) groups excluding carboxylic acids is 2. The van der Waals surface area contributed by atoms with Gasteiger partial charge in [0.05, 0.1) is 12.2 Å². The van der Waals surface area contributed by atoms with Crippen LogP contribution < -0.4 is 20.3 Å². The summed E-state index contributed by atoms with van der Waals surface area (Å²) in [5.74, 6) is 1.45. The highest BCUT2D eigenvalue weighted by atomic mass is 16.5. The van der Waals surface area contributed by atoms with Crippen LogP contribution in [0.25, 0.3) is 0 Å². The first-order valence-electron chi connectivity index (χ1n) is 7.97. The minimum absolute atomic E-state index is 0.373. The molecule has 2 aromatic rings. The van der Waals surface area contributed by atoms with Crippen LogP contribution >= 0.6 is 0 Å². The summed E-state index contributed by atoms with van der Waals surface area (Å²) >= 11 is 0. The highest BCUT2D eigenvalue weighted by molar-refractivity contribution is 5.96. The summed E-state index contributed by atoms with van der Waals surface area (Å²) in [4.78, 5) is 24.1. The second-order valence-electron chi connectivity index (χ2n) is 5.43. The molecular formula is C18H22N2O5. The largest absolute Gasteiger partial charge is 0.494 e. The van der Waals surface area contributed by atoms with Crippen molar-refractivity contribution >= 4 is 11.8 Å². The summed E-state index contributed by atoms with van der Waals surface area (Å²) in [5.41, 5.74) is 5.06. The molecule has 25 heavy (non-hydrogen) atoms. The first-order chi connectivity index (χ1) is 11.9. The topological polar surface area (TPSA) is 89.8 Å². The zero-order chi connectivity index (χ0) is 18.4. The normalized spacial score (nSPS) is 11.5. The van der Waals surface area contributed by atoms with Crippen LogP contribution in [0.4, 0.5) is 0 Å². The average molecular weight is 346 g/mol. The number of nitrogens with one attached hydrogen (secondary N) is 2. The van der Waals surface area contributed by atoms with Gasteiger partial charge in [-0.15, -0.1) is 0 Å². The van der Waals surface area contributed by atoms with Crippen molar-refractivity contribution in [2.24, 2.45) is 0 Å². The number of amides is 2. The van der Waals surface area contributed by atoms with Gasteiger partial charge in [0.1, 0.15) is 23.0 Å². The molecule has 0 saturated heterocycles. The van der Waals surface area contributed by atoms with Gasteiger partial charge in [-0.2, -0.15) is 0 Å². The van der Waals surface area contributed by atoms with Gasteiger partial charge in [-0.1, -0.05) is 0 Å². The van der Waals surface area contributed by atoms with Crippen molar-refractivity contribution in [1.82, 2.24) is 10.9 Å². The van der Waals surface area contributed by atoms with Crippen LogP contribution in [0.3, 0.4) is 0 Å². The second kappa shape index (κ2) is 8.23. The number of aryl methyl sites for hydroxylation is 2. The number of furan rings is 1. The van der Waals surface area contributed by atoms with Crippen LogP contribution in [-0.2, 0) is 4.79 Å². The van der Waals surface area contributed by atoms with E-state index in [-0.39, 0.29) is 0 Å². The Morgan fingerprint density at radius 1 is 1.12 bits per heavy atom. The van der Waals surface area contributed by atoms with Gasteiger partial charge in [-0.05, 0) is 58.0 Å². The molecule has 0 spiro atoms. The van der Waals surface area contributed by atoms with Crippen molar-refractivity contribution in [2.75, 3.05) is 6.61 Å². The van der Waals surface area contributed by atoms with Gasteiger partial charge in [0.25, 0.3) is 11.8 Å². The Bertz CT molecular complexity index is 736. The van der Waals surface area contributed by atoms with Gasteiger partial charge in [0.2, 0.25) is 0 Å². The van der Waals surface area contributed by atoms with Gasteiger partial charge in [0, 0.05) is 0 Å². The minimum atomic E-state index is -0.787. The van der Waals surface area contributed by atoms with Gasteiger partial charge >= 0.3 is 0 Å². The standard InChI is InChI=1S/C18H22N2O5/c1-5-23-14-6-8-15(9-7-14)25-13(4)17(21)19-20-18(22)16-10-11(2)24-12(16)3/h6-10,13H,5H2,1-4H3,(H,19,21)(H,20,22). The summed E-state index contributed by atoms with van der Waals surface area (Å²) in [5, 5.41) is 0. The third kappa shape index (κ3) is 5.00. The van der Waals surface area contributed by atoms with Crippen molar-refractivity contribution in [2.45, 2.75) is 33.8 Å². The fourth-order valence-electron chi connectivity index (χ4n) is 2.18. The Kier molecular flexibility index (Phi) is 6.05. The number of benzene rings is 1. The molecular weight excluding hydrogens is 324 g/mol. The van der Waals surface area contributed by atoms with E-state index in [4.69, 9.17) is 13.9 Å². The van der Waals surface area contributed by atoms with E-state index < -0.39 is 17.9 Å². The number of hydrogen-bond acceptors (Lipinski definition) is 5. The highest BCUT2D eigenvalue weighted by Crippen LogP contribution is 2.18. The Balaban J connectivity index is 1.85. The molecule has 2 N–H and O–H groups in total. The lowest BCUT2D eigenvalue weighted by molar-refractivity contribution is -0.128. The summed E-state index contributed by atoms with van der Waals surface area (Å²) in [6.45, 7) is 7.49. The Morgan fingerprint density at radius 2 is 1.76 bits per heavy atom. The van der Waals surface area contributed by atoms with E-state index in [9.17, 15) is 9.59 Å². The molecule has 0 aliphatic rings. The fraction of sp³-hybridized carbons (Fsp3) is 0.333. The molecule has 1 aromatic heterocycles. The maximum atomic E-state index is 12.0. The Hall–Kier alpha value is -2.96. The maximum absolute atomic E-state index is 12.0. The van der Waals surface area contributed by atoms with E-state index in [1.165, 1.54) is 0 Å². The summed E-state index contributed by atoms with van der Waals surface area (Å²) < 4.78 is 16.2. The fourth-order valence-corrected chi connectivity index (χ4v) is 2.18. The maximum Gasteiger partial charge on any atom is 0.279 e. The number of hydrogen-bond donors (Lipinski definition) is 2. The third-order valence-electron chi connectivity index (χ3n) is 3.40. The van der Waals surface area contributed by atoms with E-state index in [1.807, 2.05) is 6.92 Å². The van der Waals surface area contributed by atoms with Crippen LogP contribution in [0.15, 0.2) is 34.7 Å². The smallest absolute Gasteiger partial charge is 0.279 e. The number of ether oxygens (including phenoxy) is 2. The Labute approximate surface area is 146 Å². The average Bonchev–Trinajstić information content (AvgIpc) is 2.92. The number of rotatable bonds is 6. The van der Waals surface area contributed by atoms with Crippen molar-refractivity contribution in [3.63, 3.8) is 0 Å². The van der Waals surface area contributed by atoms with Gasteiger partial charge < -0.3 is 13.9 Å². The molecule has 1 aromatic carbocycles. The summed E-state index contributed by atoms with van der Waals surface area (Å²) in [6.07, 6.45) is -0.787. The van der Waals surface area contributed by atoms with Crippen molar-refractivity contribution < 1.29 is 23.5 Å². The molecule has 0 radical (unpaired) electrons. The predicted octanol–water partition coefficient (Wildman–Crippen LogP) is 2.52. The second-order valence-corrected chi connectivity index (χ2v) is 5.43. The Morgan fingerprint density at radius 3 is 2.32 bits per heavy atom. The van der Waals surface area contributed by atoms with Gasteiger partial charge in [-0.25, -0.2) is 0 Å². The van der Waals surface area contributed by atoms with Crippen LogP contribution in [0.1, 0.15) is 35.7 Å². The SMILES string of the molecule is CCOc1ccc(OC(C)C(=O)NNC(=O)c2cc(C)oc2C)cc1. The van der Waals surface area contributed by atoms with Gasteiger partial charge in [-0.3, -0.25) is 20.4 Å². The van der Waals surface area contributed by atoms with E-state index >= 15 is 0 Å². The predicted molar refractivity (Wildman–Crippen MR) is 91.5 cm³/mol. The zero-order valence-electron chi connectivity index (χ0n) is 14.7. The molecule has 134 valence electrons. The summed E-state index contributed by atoms with van der Waals surface area (Å²) in [6, 6.07) is 8.55. The number of carbonyl (C=O) groups is 2. The number of hydrazine groups is 1. The quantitative estimate of drug-likeness (QED) is 0.785. The van der Waals surface area contributed by atoms with E-state index in [2.05, 4.69) is 10.9 Å².